The Bertz CT molecular complexity index is 726. The molecule has 5 heteroatoms. The molecule has 1 amide bonds. The molecule has 1 N–H and O–H groups in total. The lowest BCUT2D eigenvalue weighted by Crippen LogP contribution is -2.20. The summed E-state index contributed by atoms with van der Waals surface area (Å²) in [6.07, 6.45) is 8.94. The van der Waals surface area contributed by atoms with E-state index in [1.807, 2.05) is 12.1 Å². The number of hydrogen-bond donors (Lipinski definition) is 1. The smallest absolute Gasteiger partial charge is 0.224 e. The first kappa shape index (κ1) is 18.6. The third-order valence-corrected chi connectivity index (χ3v) is 5.15. The van der Waals surface area contributed by atoms with E-state index in [0.717, 1.165) is 31.7 Å². The highest BCUT2D eigenvalue weighted by Gasteiger charge is 2.39. The molecule has 0 bridgehead atoms. The van der Waals surface area contributed by atoms with Crippen LogP contribution in [-0.2, 0) is 17.9 Å². The number of nitrogens with zero attached hydrogens (tertiary/aromatic N) is 3. The highest BCUT2D eigenvalue weighted by atomic mass is 16.1. The normalized spacial score (nSPS) is 17.2. The van der Waals surface area contributed by atoms with Gasteiger partial charge in [0.2, 0.25) is 5.91 Å². The molecule has 0 saturated carbocycles. The standard InChI is InChI=1S/C21H28N4O/c1-4-5-11-21(23-24-21)12-9-20(26)22-19-8-6-7-17-14-25(15-18(17)19)13-10-16(2)3/h1,6-8,16H,5,9-15H2,2-3H3,(H,22,26). The van der Waals surface area contributed by atoms with E-state index in [4.69, 9.17) is 6.42 Å². The van der Waals surface area contributed by atoms with Crippen LogP contribution in [0.2, 0.25) is 0 Å². The predicted octanol–water partition coefficient (Wildman–Crippen LogP) is 4.34. The molecule has 0 aliphatic carbocycles. The van der Waals surface area contributed by atoms with Gasteiger partial charge in [-0.3, -0.25) is 9.69 Å². The number of anilines is 1. The lowest BCUT2D eigenvalue weighted by atomic mass is 10.0. The minimum atomic E-state index is -0.393. The van der Waals surface area contributed by atoms with Gasteiger partial charge in [-0.1, -0.05) is 26.0 Å². The average molecular weight is 352 g/mol. The van der Waals surface area contributed by atoms with Gasteiger partial charge in [0.25, 0.3) is 0 Å². The van der Waals surface area contributed by atoms with Gasteiger partial charge in [-0.15, -0.1) is 12.3 Å². The molecule has 0 atom stereocenters. The number of nitrogens with one attached hydrogen (secondary N) is 1. The van der Waals surface area contributed by atoms with E-state index in [9.17, 15) is 4.79 Å². The average Bonchev–Trinajstić information content (AvgIpc) is 3.26. The molecule has 26 heavy (non-hydrogen) atoms. The fourth-order valence-corrected chi connectivity index (χ4v) is 3.40. The quantitative estimate of drug-likeness (QED) is 0.672. The second-order valence-corrected chi connectivity index (χ2v) is 7.77. The lowest BCUT2D eigenvalue weighted by Gasteiger charge is -2.16. The van der Waals surface area contributed by atoms with Crippen molar-refractivity contribution in [3.63, 3.8) is 0 Å². The molecule has 1 aromatic carbocycles. The molecule has 0 radical (unpaired) electrons. The first-order valence-corrected chi connectivity index (χ1v) is 9.52. The summed E-state index contributed by atoms with van der Waals surface area (Å²) in [5.41, 5.74) is 3.13. The van der Waals surface area contributed by atoms with Crippen LogP contribution in [0.3, 0.4) is 0 Å². The second-order valence-electron chi connectivity index (χ2n) is 7.77. The van der Waals surface area contributed by atoms with Crippen LogP contribution in [0.15, 0.2) is 28.4 Å². The Morgan fingerprint density at radius 3 is 2.85 bits per heavy atom. The molecular weight excluding hydrogens is 324 g/mol. The zero-order valence-electron chi connectivity index (χ0n) is 15.8. The monoisotopic (exact) mass is 352 g/mol. The highest BCUT2D eigenvalue weighted by molar-refractivity contribution is 5.91. The molecule has 1 aromatic rings. The molecule has 0 spiro atoms. The van der Waals surface area contributed by atoms with Gasteiger partial charge in [0.15, 0.2) is 5.66 Å². The van der Waals surface area contributed by atoms with Crippen molar-refractivity contribution in [1.29, 1.82) is 0 Å². The summed E-state index contributed by atoms with van der Waals surface area (Å²) >= 11 is 0. The number of benzene rings is 1. The first-order valence-electron chi connectivity index (χ1n) is 9.52. The third-order valence-electron chi connectivity index (χ3n) is 5.15. The van der Waals surface area contributed by atoms with Gasteiger partial charge in [0, 0.05) is 44.5 Å². The maximum Gasteiger partial charge on any atom is 0.224 e. The topological polar surface area (TPSA) is 57.1 Å². The number of fused-ring (bicyclic) bond motifs is 1. The lowest BCUT2D eigenvalue weighted by molar-refractivity contribution is -0.116. The molecule has 5 nitrogen and oxygen atoms in total. The molecule has 0 unspecified atom stereocenters. The van der Waals surface area contributed by atoms with Gasteiger partial charge < -0.3 is 5.32 Å². The largest absolute Gasteiger partial charge is 0.326 e. The maximum absolute atomic E-state index is 12.4. The van der Waals surface area contributed by atoms with Crippen LogP contribution >= 0.6 is 0 Å². The Balaban J connectivity index is 1.53. The summed E-state index contributed by atoms with van der Waals surface area (Å²) in [4.78, 5) is 14.9. The number of carbonyl (C=O) groups excluding carboxylic acids is 1. The fraction of sp³-hybridized carbons (Fsp3) is 0.571. The molecule has 2 aliphatic rings. The van der Waals surface area contributed by atoms with Crippen molar-refractivity contribution in [2.75, 3.05) is 11.9 Å². The Morgan fingerprint density at radius 2 is 2.15 bits per heavy atom. The van der Waals surface area contributed by atoms with Gasteiger partial charge >= 0.3 is 0 Å². The molecule has 0 fully saturated rings. The Kier molecular flexibility index (Phi) is 5.73. The van der Waals surface area contributed by atoms with Crippen molar-refractivity contribution < 1.29 is 4.79 Å². The zero-order chi connectivity index (χ0) is 18.6. The van der Waals surface area contributed by atoms with Crippen molar-refractivity contribution in [3.05, 3.63) is 29.3 Å². The van der Waals surface area contributed by atoms with E-state index in [1.54, 1.807) is 0 Å². The van der Waals surface area contributed by atoms with Gasteiger partial charge in [-0.25, -0.2) is 0 Å². The van der Waals surface area contributed by atoms with Crippen LogP contribution in [0.4, 0.5) is 5.69 Å². The van der Waals surface area contributed by atoms with E-state index in [-0.39, 0.29) is 5.91 Å². The zero-order valence-corrected chi connectivity index (χ0v) is 15.8. The fourth-order valence-electron chi connectivity index (χ4n) is 3.40. The van der Waals surface area contributed by atoms with Crippen LogP contribution in [0.1, 0.15) is 57.1 Å². The highest BCUT2D eigenvalue weighted by Crippen LogP contribution is 2.38. The van der Waals surface area contributed by atoms with Crippen LogP contribution in [0.25, 0.3) is 0 Å². The summed E-state index contributed by atoms with van der Waals surface area (Å²) < 4.78 is 0. The predicted molar refractivity (Wildman–Crippen MR) is 104 cm³/mol. The molecule has 2 aliphatic heterocycles. The third kappa shape index (κ3) is 4.70. The number of carbonyl (C=O) groups is 1. The number of rotatable bonds is 9. The maximum atomic E-state index is 12.4. The Labute approximate surface area is 156 Å². The SMILES string of the molecule is C#CCCC1(CCC(=O)Nc2cccc3c2CN(CCC(C)C)C3)N=N1. The first-order chi connectivity index (χ1) is 12.5. The number of hydrogen-bond acceptors (Lipinski definition) is 4. The minimum absolute atomic E-state index is 0.0245. The summed E-state index contributed by atoms with van der Waals surface area (Å²) in [6.45, 7) is 7.49. The second kappa shape index (κ2) is 8.01. The van der Waals surface area contributed by atoms with Crippen molar-refractivity contribution in [2.45, 2.75) is 64.7 Å². The van der Waals surface area contributed by atoms with Crippen LogP contribution in [0, 0.1) is 18.3 Å². The van der Waals surface area contributed by atoms with E-state index in [1.165, 1.54) is 17.5 Å². The molecule has 0 aromatic heterocycles. The summed E-state index contributed by atoms with van der Waals surface area (Å²) in [7, 11) is 0. The molecule has 138 valence electrons. The summed E-state index contributed by atoms with van der Waals surface area (Å²) in [5.74, 6) is 3.35. The van der Waals surface area contributed by atoms with Crippen molar-refractivity contribution in [2.24, 2.45) is 16.1 Å². The van der Waals surface area contributed by atoms with E-state index in [2.05, 4.69) is 46.3 Å². The van der Waals surface area contributed by atoms with E-state index < -0.39 is 5.66 Å². The minimum Gasteiger partial charge on any atom is -0.326 e. The van der Waals surface area contributed by atoms with Crippen molar-refractivity contribution in [3.8, 4) is 12.3 Å². The molecule has 2 heterocycles. The molecule has 3 rings (SSSR count). The summed E-state index contributed by atoms with van der Waals surface area (Å²) in [5, 5.41) is 11.3. The van der Waals surface area contributed by atoms with Crippen LogP contribution in [-0.4, -0.2) is 23.0 Å². The molecular formula is C21H28N4O. The van der Waals surface area contributed by atoms with Crippen LogP contribution in [0.5, 0.6) is 0 Å². The van der Waals surface area contributed by atoms with E-state index >= 15 is 0 Å². The van der Waals surface area contributed by atoms with Gasteiger partial charge in [0.1, 0.15) is 0 Å². The van der Waals surface area contributed by atoms with Crippen LogP contribution < -0.4 is 5.32 Å². The van der Waals surface area contributed by atoms with Gasteiger partial charge in [-0.05, 0) is 36.1 Å². The Morgan fingerprint density at radius 1 is 1.35 bits per heavy atom. The number of terminal acetylenes is 1. The molecule has 0 saturated heterocycles. The number of amides is 1. The van der Waals surface area contributed by atoms with E-state index in [0.29, 0.717) is 25.2 Å². The summed E-state index contributed by atoms with van der Waals surface area (Å²) in [6, 6.07) is 6.19. The van der Waals surface area contributed by atoms with Gasteiger partial charge in [0.05, 0.1) is 0 Å². The van der Waals surface area contributed by atoms with Crippen molar-refractivity contribution >= 4 is 11.6 Å². The van der Waals surface area contributed by atoms with Crippen molar-refractivity contribution in [1.82, 2.24) is 4.90 Å². The van der Waals surface area contributed by atoms with Gasteiger partial charge in [-0.2, -0.15) is 10.2 Å². The Hall–Kier alpha value is -2.19.